The molecule has 1 saturated heterocycles. The molecule has 2 atom stereocenters. The Morgan fingerprint density at radius 1 is 0.774 bits per heavy atom. The highest BCUT2D eigenvalue weighted by Crippen LogP contribution is 2.44. The first-order valence-electron chi connectivity index (χ1n) is 16.1. The number of aryl methyl sites for hydroxylation is 1. The van der Waals surface area contributed by atoms with Crippen LogP contribution in [0.5, 0.6) is 11.5 Å². The van der Waals surface area contributed by atoms with Crippen LogP contribution in [0.25, 0.3) is 22.3 Å². The lowest BCUT2D eigenvalue weighted by Gasteiger charge is -2.18. The lowest BCUT2D eigenvalue weighted by atomic mass is 9.98. The maximum atomic E-state index is 14.4. The van der Waals surface area contributed by atoms with Gasteiger partial charge in [0.1, 0.15) is 23.1 Å². The van der Waals surface area contributed by atoms with Gasteiger partial charge in [0, 0.05) is 46.2 Å². The second-order valence-electron chi connectivity index (χ2n) is 12.1. The van der Waals surface area contributed by atoms with Crippen molar-refractivity contribution in [2.75, 3.05) is 27.4 Å². The van der Waals surface area contributed by atoms with E-state index in [-0.39, 0.29) is 29.0 Å². The van der Waals surface area contributed by atoms with Crippen molar-refractivity contribution in [1.29, 1.82) is 0 Å². The minimum Gasteiger partial charge on any atom is -0.496 e. The molecule has 0 bridgehead atoms. The third-order valence-corrected chi connectivity index (χ3v) is 10.7. The van der Waals surface area contributed by atoms with Gasteiger partial charge in [-0.25, -0.2) is 8.78 Å². The summed E-state index contributed by atoms with van der Waals surface area (Å²) in [5.41, 5.74) is 3.81. The van der Waals surface area contributed by atoms with Crippen molar-refractivity contribution >= 4 is 56.5 Å². The SMILES string of the molecule is COc1c(C[C@H](O)COS(=O)(=O)c2ccc(C)cc2)cc(F)cc1-c1c(Cl)cccc1Cl.COc1c(C[C@H]2CO2)cc(F)cc1-c1c(Cl)cccc1Cl. The molecule has 6 rings (SSSR count). The van der Waals surface area contributed by atoms with Gasteiger partial charge in [-0.2, -0.15) is 8.42 Å². The lowest BCUT2D eigenvalue weighted by molar-refractivity contribution is 0.110. The van der Waals surface area contributed by atoms with E-state index in [1.165, 1.54) is 43.5 Å². The molecule has 0 unspecified atom stereocenters. The van der Waals surface area contributed by atoms with Crippen LogP contribution in [-0.2, 0) is 31.9 Å². The fraction of sp³-hybridized carbons (Fsp3) is 0.231. The van der Waals surface area contributed by atoms with E-state index in [9.17, 15) is 22.3 Å². The maximum absolute atomic E-state index is 14.4. The molecule has 1 aliphatic heterocycles. The Morgan fingerprint density at radius 2 is 1.23 bits per heavy atom. The summed E-state index contributed by atoms with van der Waals surface area (Å²) in [5.74, 6) is -0.0895. The van der Waals surface area contributed by atoms with Gasteiger partial charge in [-0.1, -0.05) is 76.2 Å². The molecule has 0 saturated carbocycles. The van der Waals surface area contributed by atoms with Crippen molar-refractivity contribution in [1.82, 2.24) is 0 Å². The molecule has 53 heavy (non-hydrogen) atoms. The standard InChI is InChI=1S/C23H21Cl2FO5S.C16H13Cl2FO2/c1-14-6-8-18(9-7-14)32(28,29)31-13-17(27)11-15-10-16(26)12-19(23(15)30-2)22-20(24)4-3-5-21(22)25;1-20-16-9(6-11-8-21-11)5-10(19)7-12(16)15-13(17)3-2-4-14(15)18/h3-10,12,17,27H,11,13H2,1-2H3;2-5,7,11H,6,8H2,1H3/t17-;11-/m00/s1. The number of benzene rings is 5. The first-order chi connectivity index (χ1) is 25.2. The summed E-state index contributed by atoms with van der Waals surface area (Å²) in [5, 5.41) is 11.9. The van der Waals surface area contributed by atoms with Gasteiger partial charge in [0.15, 0.2) is 0 Å². The number of epoxide rings is 1. The summed E-state index contributed by atoms with van der Waals surface area (Å²) in [7, 11) is -1.10. The smallest absolute Gasteiger partial charge is 0.297 e. The Kier molecular flexibility index (Phi) is 13.7. The number of halogens is 6. The summed E-state index contributed by atoms with van der Waals surface area (Å²) in [6.45, 7) is 2.01. The molecule has 1 N–H and O–H groups in total. The van der Waals surface area contributed by atoms with Gasteiger partial charge < -0.3 is 19.3 Å². The third kappa shape index (κ3) is 10.2. The van der Waals surface area contributed by atoms with Gasteiger partial charge in [-0.3, -0.25) is 4.18 Å². The molecule has 1 heterocycles. The normalized spacial score (nSPS) is 14.3. The summed E-state index contributed by atoms with van der Waals surface area (Å²) < 4.78 is 74.3. The van der Waals surface area contributed by atoms with Crippen LogP contribution in [0.4, 0.5) is 8.78 Å². The van der Waals surface area contributed by atoms with Crippen molar-refractivity contribution in [3.63, 3.8) is 0 Å². The van der Waals surface area contributed by atoms with Gasteiger partial charge in [-0.15, -0.1) is 0 Å². The summed E-state index contributed by atoms with van der Waals surface area (Å²) in [6.07, 6.45) is -0.633. The molecular formula is C39H34Cl4F2O7S. The summed E-state index contributed by atoms with van der Waals surface area (Å²) in [6, 6.07) is 21.5. The Hall–Kier alpha value is -3.45. The second-order valence-corrected chi connectivity index (χ2v) is 15.3. The van der Waals surface area contributed by atoms with Gasteiger partial charge in [0.2, 0.25) is 0 Å². The van der Waals surface area contributed by atoms with Crippen LogP contribution in [0, 0.1) is 18.6 Å². The molecule has 5 aromatic rings. The minimum absolute atomic E-state index is 0.0192. The van der Waals surface area contributed by atoms with Crippen LogP contribution in [0.2, 0.25) is 20.1 Å². The highest BCUT2D eigenvalue weighted by molar-refractivity contribution is 7.86. The topological polar surface area (TPSA) is 94.6 Å². The van der Waals surface area contributed by atoms with Gasteiger partial charge in [0.05, 0.1) is 64.6 Å². The molecule has 1 fully saturated rings. The Balaban J connectivity index is 0.000000222. The molecular weight excluding hydrogens is 792 g/mol. The van der Waals surface area contributed by atoms with Crippen molar-refractivity contribution in [3.05, 3.63) is 133 Å². The first-order valence-corrected chi connectivity index (χ1v) is 19.0. The van der Waals surface area contributed by atoms with Crippen LogP contribution in [0.15, 0.2) is 89.8 Å². The predicted molar refractivity (Wildman–Crippen MR) is 204 cm³/mol. The molecule has 0 amide bonds. The Morgan fingerprint density at radius 3 is 1.68 bits per heavy atom. The van der Waals surface area contributed by atoms with Crippen molar-refractivity contribution in [3.8, 4) is 33.8 Å². The molecule has 0 radical (unpaired) electrons. The highest BCUT2D eigenvalue weighted by Gasteiger charge is 2.27. The van der Waals surface area contributed by atoms with E-state index < -0.39 is 28.6 Å². The van der Waals surface area contributed by atoms with E-state index in [4.69, 9.17) is 64.8 Å². The molecule has 280 valence electrons. The first kappa shape index (κ1) is 40.7. The number of ether oxygens (including phenoxy) is 3. The number of aliphatic hydroxyl groups excluding tert-OH is 1. The van der Waals surface area contributed by atoms with E-state index in [1.54, 1.807) is 55.6 Å². The minimum atomic E-state index is -4.05. The lowest BCUT2D eigenvalue weighted by Crippen LogP contribution is -2.21. The molecule has 0 spiro atoms. The van der Waals surface area contributed by atoms with E-state index in [0.717, 1.165) is 11.1 Å². The molecule has 0 aliphatic carbocycles. The van der Waals surface area contributed by atoms with E-state index >= 15 is 0 Å². The van der Waals surface area contributed by atoms with E-state index in [0.29, 0.717) is 66.7 Å². The number of rotatable bonds is 12. The van der Waals surface area contributed by atoms with E-state index in [1.807, 2.05) is 6.92 Å². The van der Waals surface area contributed by atoms with Crippen LogP contribution < -0.4 is 9.47 Å². The molecule has 7 nitrogen and oxygen atoms in total. The van der Waals surface area contributed by atoms with Crippen molar-refractivity contribution in [2.45, 2.75) is 36.9 Å². The second kappa shape index (κ2) is 17.8. The van der Waals surface area contributed by atoms with E-state index in [2.05, 4.69) is 0 Å². The van der Waals surface area contributed by atoms with Crippen molar-refractivity contribution < 1.29 is 40.7 Å². The fourth-order valence-corrected chi connectivity index (χ4v) is 7.80. The molecule has 5 aromatic carbocycles. The number of methoxy groups -OCH3 is 2. The van der Waals surface area contributed by atoms with Crippen LogP contribution >= 0.6 is 46.4 Å². The van der Waals surface area contributed by atoms with Crippen LogP contribution in [0.3, 0.4) is 0 Å². The van der Waals surface area contributed by atoms with Gasteiger partial charge in [-0.05, 0) is 67.6 Å². The zero-order chi connectivity index (χ0) is 38.4. The molecule has 14 heteroatoms. The summed E-state index contributed by atoms with van der Waals surface area (Å²) in [4.78, 5) is -0.0192. The van der Waals surface area contributed by atoms with Gasteiger partial charge >= 0.3 is 0 Å². The number of hydrogen-bond donors (Lipinski definition) is 1. The van der Waals surface area contributed by atoms with Crippen molar-refractivity contribution in [2.24, 2.45) is 0 Å². The zero-order valence-electron chi connectivity index (χ0n) is 28.6. The van der Waals surface area contributed by atoms with Crippen LogP contribution in [-0.4, -0.2) is 53.2 Å². The summed E-state index contributed by atoms with van der Waals surface area (Å²) >= 11 is 25.0. The third-order valence-electron chi connectivity index (χ3n) is 8.16. The monoisotopic (exact) mass is 824 g/mol. The number of hydrogen-bond acceptors (Lipinski definition) is 7. The number of aliphatic hydroxyl groups is 1. The largest absolute Gasteiger partial charge is 0.496 e. The van der Waals surface area contributed by atoms with Crippen LogP contribution in [0.1, 0.15) is 16.7 Å². The average Bonchev–Trinajstić information content (AvgIpc) is 3.92. The highest BCUT2D eigenvalue weighted by atomic mass is 35.5. The fourth-order valence-electron chi connectivity index (χ4n) is 5.65. The zero-order valence-corrected chi connectivity index (χ0v) is 32.5. The Labute approximate surface area is 327 Å². The average molecular weight is 827 g/mol. The molecule has 0 aromatic heterocycles. The molecule has 1 aliphatic rings. The Bertz CT molecular complexity index is 2160. The quantitative estimate of drug-likeness (QED) is 0.0989. The predicted octanol–water partition coefficient (Wildman–Crippen LogP) is 10.2. The van der Waals surface area contributed by atoms with Gasteiger partial charge in [0.25, 0.3) is 10.1 Å². The maximum Gasteiger partial charge on any atom is 0.297 e.